The van der Waals surface area contributed by atoms with Gasteiger partial charge in [-0.25, -0.2) is 9.78 Å². The van der Waals surface area contributed by atoms with Crippen molar-refractivity contribution in [2.45, 2.75) is 20.0 Å². The molecule has 1 rings (SSSR count). The first-order valence-corrected chi connectivity index (χ1v) is 4.52. The SMILES string of the molecule is Cc1ccc(OCC(C)O)c(C(=O)O)n1. The summed E-state index contributed by atoms with van der Waals surface area (Å²) in [5.74, 6) is -0.965. The predicted molar refractivity (Wildman–Crippen MR) is 53.1 cm³/mol. The highest BCUT2D eigenvalue weighted by Crippen LogP contribution is 2.16. The number of carbonyl (C=O) groups is 1. The van der Waals surface area contributed by atoms with Crippen LogP contribution >= 0.6 is 0 Å². The van der Waals surface area contributed by atoms with E-state index in [9.17, 15) is 4.79 Å². The molecule has 15 heavy (non-hydrogen) atoms. The standard InChI is InChI=1S/C10H13NO4/c1-6-3-4-8(15-5-7(2)12)9(11-6)10(13)14/h3-4,7,12H,5H2,1-2H3,(H,13,14). The number of aliphatic hydroxyl groups excluding tert-OH is 1. The van der Waals surface area contributed by atoms with Crippen molar-refractivity contribution in [2.24, 2.45) is 0 Å². The minimum Gasteiger partial charge on any atom is -0.488 e. The van der Waals surface area contributed by atoms with Crippen molar-refractivity contribution in [2.75, 3.05) is 6.61 Å². The molecule has 0 saturated carbocycles. The maximum Gasteiger partial charge on any atom is 0.358 e. The lowest BCUT2D eigenvalue weighted by atomic mass is 10.3. The number of aromatic nitrogens is 1. The molecule has 0 spiro atoms. The van der Waals surface area contributed by atoms with Gasteiger partial charge >= 0.3 is 5.97 Å². The lowest BCUT2D eigenvalue weighted by molar-refractivity contribution is 0.0678. The van der Waals surface area contributed by atoms with Crippen LogP contribution < -0.4 is 4.74 Å². The third-order valence-corrected chi connectivity index (χ3v) is 1.68. The fraction of sp³-hybridized carbons (Fsp3) is 0.400. The largest absolute Gasteiger partial charge is 0.488 e. The van der Waals surface area contributed by atoms with E-state index < -0.39 is 12.1 Å². The highest BCUT2D eigenvalue weighted by molar-refractivity contribution is 5.88. The van der Waals surface area contributed by atoms with Crippen LogP contribution in [-0.2, 0) is 0 Å². The molecular formula is C10H13NO4. The van der Waals surface area contributed by atoms with Gasteiger partial charge in [-0.15, -0.1) is 0 Å². The summed E-state index contributed by atoms with van der Waals surface area (Å²) in [5, 5.41) is 17.9. The Balaban J connectivity index is 2.91. The highest BCUT2D eigenvalue weighted by atomic mass is 16.5. The molecule has 82 valence electrons. The number of hydrogen-bond acceptors (Lipinski definition) is 4. The van der Waals surface area contributed by atoms with Crippen molar-refractivity contribution >= 4 is 5.97 Å². The molecule has 0 bridgehead atoms. The van der Waals surface area contributed by atoms with Crippen molar-refractivity contribution in [3.05, 3.63) is 23.5 Å². The number of pyridine rings is 1. The van der Waals surface area contributed by atoms with Gasteiger partial charge in [-0.1, -0.05) is 0 Å². The van der Waals surface area contributed by atoms with Crippen molar-refractivity contribution in [1.82, 2.24) is 4.98 Å². The molecular weight excluding hydrogens is 198 g/mol. The van der Waals surface area contributed by atoms with Crippen LogP contribution in [0.2, 0.25) is 0 Å². The molecule has 0 fully saturated rings. The van der Waals surface area contributed by atoms with Crippen LogP contribution in [0.3, 0.4) is 0 Å². The van der Waals surface area contributed by atoms with E-state index in [-0.39, 0.29) is 18.1 Å². The summed E-state index contributed by atoms with van der Waals surface area (Å²) in [6, 6.07) is 3.19. The van der Waals surface area contributed by atoms with E-state index in [4.69, 9.17) is 14.9 Å². The smallest absolute Gasteiger partial charge is 0.358 e. The first-order valence-electron chi connectivity index (χ1n) is 4.52. The molecule has 0 aliphatic rings. The Hall–Kier alpha value is -1.62. The Labute approximate surface area is 87.3 Å². The average Bonchev–Trinajstić information content (AvgIpc) is 2.15. The second-order valence-electron chi connectivity index (χ2n) is 3.26. The second kappa shape index (κ2) is 4.75. The maximum atomic E-state index is 10.8. The summed E-state index contributed by atoms with van der Waals surface area (Å²) in [4.78, 5) is 14.7. The predicted octanol–water partition coefficient (Wildman–Crippen LogP) is 0.848. The third-order valence-electron chi connectivity index (χ3n) is 1.68. The van der Waals surface area contributed by atoms with E-state index in [1.54, 1.807) is 19.9 Å². The number of carboxylic acid groups (broad SMARTS) is 1. The summed E-state index contributed by atoms with van der Waals surface area (Å²) in [7, 11) is 0. The molecule has 0 aromatic carbocycles. The highest BCUT2D eigenvalue weighted by Gasteiger charge is 2.13. The van der Waals surface area contributed by atoms with Gasteiger partial charge in [0.1, 0.15) is 6.61 Å². The Morgan fingerprint density at radius 3 is 2.80 bits per heavy atom. The normalized spacial score (nSPS) is 12.2. The van der Waals surface area contributed by atoms with E-state index >= 15 is 0 Å². The number of aromatic carboxylic acids is 1. The van der Waals surface area contributed by atoms with Crippen molar-refractivity contribution in [3.63, 3.8) is 0 Å². The number of aryl methyl sites for hydroxylation is 1. The van der Waals surface area contributed by atoms with Crippen molar-refractivity contribution < 1.29 is 19.7 Å². The minimum atomic E-state index is -1.14. The molecule has 0 aliphatic carbocycles. The van der Waals surface area contributed by atoms with Gasteiger partial charge in [0.05, 0.1) is 6.10 Å². The molecule has 1 atom stereocenters. The van der Waals surface area contributed by atoms with Crippen molar-refractivity contribution in [1.29, 1.82) is 0 Å². The molecule has 1 unspecified atom stereocenters. The fourth-order valence-corrected chi connectivity index (χ4v) is 1.02. The van der Waals surface area contributed by atoms with Gasteiger partial charge in [-0.05, 0) is 26.0 Å². The monoisotopic (exact) mass is 211 g/mol. The average molecular weight is 211 g/mol. The van der Waals surface area contributed by atoms with Gasteiger partial charge in [0.15, 0.2) is 11.4 Å². The molecule has 5 nitrogen and oxygen atoms in total. The number of ether oxygens (including phenoxy) is 1. The van der Waals surface area contributed by atoms with Gasteiger partial charge < -0.3 is 14.9 Å². The Bertz CT molecular complexity index is 362. The Morgan fingerprint density at radius 1 is 1.60 bits per heavy atom. The summed E-state index contributed by atoms with van der Waals surface area (Å²) in [6.07, 6.45) is -0.645. The number of carboxylic acids is 1. The van der Waals surface area contributed by atoms with Gasteiger partial charge in [0.25, 0.3) is 0 Å². The number of rotatable bonds is 4. The van der Waals surface area contributed by atoms with E-state index in [0.717, 1.165) is 0 Å². The summed E-state index contributed by atoms with van der Waals surface area (Å²) < 4.78 is 5.12. The minimum absolute atomic E-state index is 0.0466. The molecule has 5 heteroatoms. The van der Waals surface area contributed by atoms with Crippen LogP contribution in [0.1, 0.15) is 23.1 Å². The molecule has 1 aromatic heterocycles. The van der Waals surface area contributed by atoms with E-state index in [1.807, 2.05) is 0 Å². The van der Waals surface area contributed by atoms with E-state index in [1.165, 1.54) is 6.07 Å². The second-order valence-corrected chi connectivity index (χ2v) is 3.26. The number of aliphatic hydroxyl groups is 1. The topological polar surface area (TPSA) is 79.7 Å². The Morgan fingerprint density at radius 2 is 2.27 bits per heavy atom. The molecule has 2 N–H and O–H groups in total. The van der Waals surface area contributed by atoms with E-state index in [2.05, 4.69) is 4.98 Å². The fourth-order valence-electron chi connectivity index (χ4n) is 1.02. The van der Waals surface area contributed by atoms with Gasteiger partial charge in [-0.2, -0.15) is 0 Å². The van der Waals surface area contributed by atoms with Crippen LogP contribution in [0.25, 0.3) is 0 Å². The molecule has 0 radical (unpaired) electrons. The Kier molecular flexibility index (Phi) is 3.62. The molecule has 1 heterocycles. The zero-order valence-corrected chi connectivity index (χ0v) is 8.60. The third kappa shape index (κ3) is 3.21. The lowest BCUT2D eigenvalue weighted by Crippen LogP contribution is -2.15. The maximum absolute atomic E-state index is 10.8. The summed E-state index contributed by atoms with van der Waals surface area (Å²) in [6.45, 7) is 3.30. The van der Waals surface area contributed by atoms with Gasteiger partial charge in [-0.3, -0.25) is 0 Å². The number of hydrogen-bond donors (Lipinski definition) is 2. The molecule has 0 amide bonds. The van der Waals surface area contributed by atoms with Crippen LogP contribution in [0, 0.1) is 6.92 Å². The van der Waals surface area contributed by atoms with Crippen LogP contribution in [0.15, 0.2) is 12.1 Å². The summed E-state index contributed by atoms with van der Waals surface area (Å²) >= 11 is 0. The first kappa shape index (κ1) is 11.5. The van der Waals surface area contributed by atoms with Crippen LogP contribution in [0.4, 0.5) is 0 Å². The first-order chi connectivity index (χ1) is 7.00. The molecule has 0 saturated heterocycles. The lowest BCUT2D eigenvalue weighted by Gasteiger charge is -2.10. The van der Waals surface area contributed by atoms with Crippen LogP contribution in [0.5, 0.6) is 5.75 Å². The van der Waals surface area contributed by atoms with Gasteiger partial charge in [0.2, 0.25) is 0 Å². The zero-order chi connectivity index (χ0) is 11.4. The molecule has 1 aromatic rings. The van der Waals surface area contributed by atoms with E-state index in [0.29, 0.717) is 5.69 Å². The van der Waals surface area contributed by atoms with Crippen molar-refractivity contribution in [3.8, 4) is 5.75 Å². The summed E-state index contributed by atoms with van der Waals surface area (Å²) in [5.41, 5.74) is 0.479. The van der Waals surface area contributed by atoms with Crippen LogP contribution in [-0.4, -0.2) is 33.9 Å². The zero-order valence-electron chi connectivity index (χ0n) is 8.60. The number of nitrogens with zero attached hydrogens (tertiary/aromatic N) is 1. The molecule has 0 aliphatic heterocycles. The quantitative estimate of drug-likeness (QED) is 0.771. The van der Waals surface area contributed by atoms with Gasteiger partial charge in [0, 0.05) is 5.69 Å².